The average molecular weight is 306 g/mol. The summed E-state index contributed by atoms with van der Waals surface area (Å²) in [6, 6.07) is 1.91. The minimum Gasteiger partial charge on any atom is -0.397 e. The molecule has 0 aliphatic heterocycles. The summed E-state index contributed by atoms with van der Waals surface area (Å²) in [5, 5.41) is 0.809. The Bertz CT molecular complexity index is 723. The molecule has 6 nitrogen and oxygen atoms in total. The number of fused-ring (bicyclic) bond motifs is 1. The van der Waals surface area contributed by atoms with E-state index in [4.69, 9.17) is 11.5 Å². The van der Waals surface area contributed by atoms with Gasteiger partial charge in [0.05, 0.1) is 12.2 Å². The average Bonchev–Trinajstić information content (AvgIpc) is 2.72. The molecule has 2 aromatic rings. The van der Waals surface area contributed by atoms with E-state index >= 15 is 0 Å². The maximum atomic E-state index is 12.5. The van der Waals surface area contributed by atoms with Crippen LogP contribution in [-0.4, -0.2) is 34.8 Å². The van der Waals surface area contributed by atoms with Crippen molar-refractivity contribution in [1.29, 1.82) is 0 Å². The Morgan fingerprint density at radius 2 is 2.05 bits per heavy atom. The number of hydrogen-bond acceptors (Lipinski definition) is 5. The zero-order chi connectivity index (χ0) is 15.7. The number of aromatic nitrogens is 1. The SMILES string of the molecule is CCN(CC(N)=O)C(=O)c1sc2cc(C)nc(C)c2c1N. The van der Waals surface area contributed by atoms with Crippen LogP contribution in [0.3, 0.4) is 0 Å². The van der Waals surface area contributed by atoms with Crippen LogP contribution in [0, 0.1) is 13.8 Å². The Kier molecular flexibility index (Phi) is 4.13. The molecule has 0 saturated carbocycles. The lowest BCUT2D eigenvalue weighted by Gasteiger charge is -2.18. The summed E-state index contributed by atoms with van der Waals surface area (Å²) in [6.45, 7) is 5.84. The summed E-state index contributed by atoms with van der Waals surface area (Å²) < 4.78 is 0.927. The van der Waals surface area contributed by atoms with Crippen LogP contribution in [0.25, 0.3) is 10.1 Å². The summed E-state index contributed by atoms with van der Waals surface area (Å²) in [7, 11) is 0. The fraction of sp³-hybridized carbons (Fsp3) is 0.357. The van der Waals surface area contributed by atoms with E-state index in [-0.39, 0.29) is 12.5 Å². The van der Waals surface area contributed by atoms with E-state index in [2.05, 4.69) is 4.98 Å². The fourth-order valence-electron chi connectivity index (χ4n) is 2.30. The highest BCUT2D eigenvalue weighted by atomic mass is 32.1. The van der Waals surface area contributed by atoms with Gasteiger partial charge in [-0.2, -0.15) is 0 Å². The summed E-state index contributed by atoms with van der Waals surface area (Å²) in [4.78, 5) is 29.8. The summed E-state index contributed by atoms with van der Waals surface area (Å²) >= 11 is 1.32. The first-order valence-corrected chi connectivity index (χ1v) is 7.40. The molecule has 0 spiro atoms. The number of amides is 2. The fourth-order valence-corrected chi connectivity index (χ4v) is 3.53. The van der Waals surface area contributed by atoms with Gasteiger partial charge in [-0.15, -0.1) is 11.3 Å². The van der Waals surface area contributed by atoms with Crippen LogP contribution in [0.15, 0.2) is 6.07 Å². The van der Waals surface area contributed by atoms with E-state index in [1.807, 2.05) is 19.9 Å². The van der Waals surface area contributed by atoms with Crippen LogP contribution < -0.4 is 11.5 Å². The quantitative estimate of drug-likeness (QED) is 0.892. The van der Waals surface area contributed by atoms with Gasteiger partial charge in [0.2, 0.25) is 5.91 Å². The predicted molar refractivity (Wildman–Crippen MR) is 84.3 cm³/mol. The Labute approximate surface area is 126 Å². The number of nitrogens with two attached hydrogens (primary N) is 2. The van der Waals surface area contributed by atoms with Crippen molar-refractivity contribution >= 4 is 38.9 Å². The molecule has 0 saturated heterocycles. The number of pyridine rings is 1. The second kappa shape index (κ2) is 5.69. The number of primary amides is 1. The van der Waals surface area contributed by atoms with Crippen molar-refractivity contribution in [2.45, 2.75) is 20.8 Å². The second-order valence-electron chi connectivity index (χ2n) is 4.85. The molecule has 2 amide bonds. The number of rotatable bonds is 4. The van der Waals surface area contributed by atoms with E-state index < -0.39 is 5.91 Å². The third kappa shape index (κ3) is 2.82. The standard InChI is InChI=1S/C14H18N4O2S/c1-4-18(6-10(15)19)14(20)13-12(16)11-8(3)17-7(2)5-9(11)21-13/h5H,4,6,16H2,1-3H3,(H2,15,19). The number of anilines is 1. The second-order valence-corrected chi connectivity index (χ2v) is 5.90. The predicted octanol–water partition coefficient (Wildman–Crippen LogP) is 1.44. The third-order valence-corrected chi connectivity index (χ3v) is 4.37. The molecule has 112 valence electrons. The van der Waals surface area contributed by atoms with Gasteiger partial charge >= 0.3 is 0 Å². The molecule has 4 N–H and O–H groups in total. The highest BCUT2D eigenvalue weighted by molar-refractivity contribution is 7.21. The normalized spacial score (nSPS) is 10.8. The van der Waals surface area contributed by atoms with Crippen LogP contribution in [0.1, 0.15) is 28.0 Å². The highest BCUT2D eigenvalue weighted by Gasteiger charge is 2.23. The van der Waals surface area contributed by atoms with Crippen LogP contribution >= 0.6 is 11.3 Å². The van der Waals surface area contributed by atoms with Gasteiger partial charge in [-0.1, -0.05) is 0 Å². The van der Waals surface area contributed by atoms with Gasteiger partial charge < -0.3 is 16.4 Å². The van der Waals surface area contributed by atoms with E-state index in [9.17, 15) is 9.59 Å². The number of carbonyl (C=O) groups is 2. The Morgan fingerprint density at radius 1 is 1.38 bits per heavy atom. The van der Waals surface area contributed by atoms with Crippen molar-refractivity contribution < 1.29 is 9.59 Å². The maximum absolute atomic E-state index is 12.5. The molecule has 0 unspecified atom stereocenters. The lowest BCUT2D eigenvalue weighted by Crippen LogP contribution is -2.38. The number of carbonyl (C=O) groups excluding carboxylic acids is 2. The van der Waals surface area contributed by atoms with Crippen LogP contribution in [0.5, 0.6) is 0 Å². The summed E-state index contributed by atoms with van der Waals surface area (Å²) in [6.07, 6.45) is 0. The zero-order valence-electron chi connectivity index (χ0n) is 12.3. The van der Waals surface area contributed by atoms with Gasteiger partial charge in [-0.3, -0.25) is 14.6 Å². The Morgan fingerprint density at radius 3 is 2.62 bits per heavy atom. The Balaban J connectivity index is 2.51. The van der Waals surface area contributed by atoms with Crippen LogP contribution in [0.4, 0.5) is 5.69 Å². The molecule has 2 heterocycles. The zero-order valence-corrected chi connectivity index (χ0v) is 13.1. The minimum absolute atomic E-state index is 0.112. The highest BCUT2D eigenvalue weighted by Crippen LogP contribution is 2.36. The van der Waals surface area contributed by atoms with Gasteiger partial charge in [-0.05, 0) is 26.8 Å². The first-order valence-electron chi connectivity index (χ1n) is 6.59. The molecule has 7 heteroatoms. The first-order chi connectivity index (χ1) is 9.85. The van der Waals surface area contributed by atoms with Gasteiger partial charge in [0.15, 0.2) is 0 Å². The first kappa shape index (κ1) is 15.2. The van der Waals surface area contributed by atoms with Crippen LogP contribution in [0.2, 0.25) is 0 Å². The molecular weight excluding hydrogens is 288 g/mol. The van der Waals surface area contributed by atoms with E-state index in [0.717, 1.165) is 21.5 Å². The molecule has 0 radical (unpaired) electrons. The monoisotopic (exact) mass is 306 g/mol. The molecule has 2 rings (SSSR count). The van der Waals surface area contributed by atoms with E-state index in [1.165, 1.54) is 16.2 Å². The van der Waals surface area contributed by atoms with Crippen LogP contribution in [-0.2, 0) is 4.79 Å². The topological polar surface area (TPSA) is 102 Å². The maximum Gasteiger partial charge on any atom is 0.266 e. The van der Waals surface area contributed by atoms with Crippen molar-refractivity contribution in [3.63, 3.8) is 0 Å². The molecule has 2 aromatic heterocycles. The lowest BCUT2D eigenvalue weighted by atomic mass is 10.2. The van der Waals surface area contributed by atoms with Crippen molar-refractivity contribution in [2.24, 2.45) is 5.73 Å². The number of likely N-dealkylation sites (N-methyl/N-ethyl adjacent to an activating group) is 1. The van der Waals surface area contributed by atoms with E-state index in [1.54, 1.807) is 6.92 Å². The van der Waals surface area contributed by atoms with Crippen molar-refractivity contribution in [3.8, 4) is 0 Å². The molecule has 0 aromatic carbocycles. The number of nitrogens with zero attached hydrogens (tertiary/aromatic N) is 2. The van der Waals surface area contributed by atoms with Gasteiger partial charge in [0.1, 0.15) is 4.88 Å². The van der Waals surface area contributed by atoms with Crippen molar-refractivity contribution in [1.82, 2.24) is 9.88 Å². The number of thiophene rings is 1. The summed E-state index contributed by atoms with van der Waals surface area (Å²) in [5.41, 5.74) is 13.4. The molecule has 0 atom stereocenters. The molecule has 0 aliphatic carbocycles. The van der Waals surface area contributed by atoms with Gasteiger partial charge in [0.25, 0.3) is 5.91 Å². The number of nitrogen functional groups attached to an aromatic ring is 1. The Hall–Kier alpha value is -2.15. The molecule has 0 fully saturated rings. The van der Waals surface area contributed by atoms with Gasteiger partial charge in [-0.25, -0.2) is 0 Å². The minimum atomic E-state index is -0.543. The van der Waals surface area contributed by atoms with Crippen molar-refractivity contribution in [3.05, 3.63) is 22.3 Å². The largest absolute Gasteiger partial charge is 0.397 e. The van der Waals surface area contributed by atoms with E-state index in [0.29, 0.717) is 17.1 Å². The number of aryl methyl sites for hydroxylation is 2. The molecule has 0 aliphatic rings. The molecule has 21 heavy (non-hydrogen) atoms. The molecule has 0 bridgehead atoms. The third-order valence-electron chi connectivity index (χ3n) is 3.23. The number of hydrogen-bond donors (Lipinski definition) is 2. The summed E-state index contributed by atoms with van der Waals surface area (Å²) in [5.74, 6) is -0.814. The molecular formula is C14H18N4O2S. The lowest BCUT2D eigenvalue weighted by molar-refractivity contribution is -0.118. The van der Waals surface area contributed by atoms with Gasteiger partial charge in [0, 0.05) is 28.0 Å². The van der Waals surface area contributed by atoms with Crippen molar-refractivity contribution in [2.75, 3.05) is 18.8 Å². The smallest absolute Gasteiger partial charge is 0.266 e.